The number of furan rings is 1. The van der Waals surface area contributed by atoms with Crippen LogP contribution in [0.3, 0.4) is 0 Å². The predicted octanol–water partition coefficient (Wildman–Crippen LogP) is 3.24. The van der Waals surface area contributed by atoms with Crippen LogP contribution in [0, 0.1) is 0 Å². The smallest absolute Gasteiger partial charge is 0.191 e. The zero-order valence-corrected chi connectivity index (χ0v) is 20.6. The van der Waals surface area contributed by atoms with E-state index in [-0.39, 0.29) is 30.0 Å². The molecule has 7 nitrogen and oxygen atoms in total. The molecule has 1 aromatic carbocycles. The molecule has 2 saturated heterocycles. The van der Waals surface area contributed by atoms with Crippen molar-refractivity contribution in [2.24, 2.45) is 4.99 Å². The number of rotatable bonds is 7. The van der Waals surface area contributed by atoms with Crippen molar-refractivity contribution in [2.45, 2.75) is 25.4 Å². The molecule has 0 bridgehead atoms. The Labute approximate surface area is 202 Å². The average Bonchev–Trinajstić information content (AvgIpc) is 3.52. The van der Waals surface area contributed by atoms with E-state index in [1.54, 1.807) is 6.26 Å². The van der Waals surface area contributed by atoms with Crippen LogP contribution < -0.4 is 15.5 Å². The highest BCUT2D eigenvalue weighted by atomic mass is 127. The Morgan fingerprint density at radius 3 is 2.42 bits per heavy atom. The normalized spacial score (nSPS) is 18.5. The van der Waals surface area contributed by atoms with E-state index in [0.717, 1.165) is 64.2 Å². The molecule has 0 amide bonds. The highest BCUT2D eigenvalue weighted by Gasteiger charge is 2.25. The number of hydrogen-bond donors (Lipinski definition) is 2. The largest absolute Gasteiger partial charge is 0.468 e. The third-order valence-corrected chi connectivity index (χ3v) is 5.91. The molecule has 170 valence electrons. The topological polar surface area (TPSA) is 65.3 Å². The first kappa shape index (κ1) is 23.9. The van der Waals surface area contributed by atoms with Gasteiger partial charge in [0.2, 0.25) is 0 Å². The van der Waals surface area contributed by atoms with Crippen LogP contribution in [0.1, 0.15) is 30.2 Å². The second-order valence-electron chi connectivity index (χ2n) is 7.85. The maximum absolute atomic E-state index is 5.71. The van der Waals surface area contributed by atoms with Crippen LogP contribution in [0.25, 0.3) is 0 Å². The van der Waals surface area contributed by atoms with Crippen LogP contribution in [-0.2, 0) is 11.3 Å². The van der Waals surface area contributed by atoms with Gasteiger partial charge in [0.1, 0.15) is 5.76 Å². The number of nitrogens with zero attached hydrogens (tertiary/aromatic N) is 3. The standard InChI is InChI=1S/C23H33N5O2.HI/c1-24-23(26-18-21(22-5-4-14-30-22)28-10-2-3-11-28)25-17-19-6-8-20(9-7-19)27-12-15-29-16-13-27;/h4-9,14,21H,2-3,10-13,15-18H2,1H3,(H2,24,25,26);1H. The van der Waals surface area contributed by atoms with Crippen molar-refractivity contribution in [2.75, 3.05) is 57.9 Å². The summed E-state index contributed by atoms with van der Waals surface area (Å²) in [6.45, 7) is 7.28. The van der Waals surface area contributed by atoms with Crippen molar-refractivity contribution in [3.63, 3.8) is 0 Å². The molecule has 1 unspecified atom stereocenters. The second kappa shape index (κ2) is 12.3. The molecule has 3 heterocycles. The zero-order chi connectivity index (χ0) is 20.6. The number of halogens is 1. The Hall–Kier alpha value is -1.78. The second-order valence-corrected chi connectivity index (χ2v) is 7.85. The van der Waals surface area contributed by atoms with Gasteiger partial charge in [0.05, 0.1) is 25.5 Å². The van der Waals surface area contributed by atoms with Gasteiger partial charge in [0.15, 0.2) is 5.96 Å². The van der Waals surface area contributed by atoms with Gasteiger partial charge in [0, 0.05) is 38.9 Å². The Morgan fingerprint density at radius 2 is 1.77 bits per heavy atom. The van der Waals surface area contributed by atoms with Gasteiger partial charge in [-0.1, -0.05) is 12.1 Å². The van der Waals surface area contributed by atoms with Crippen LogP contribution in [0.2, 0.25) is 0 Å². The molecule has 0 radical (unpaired) electrons. The molecule has 0 saturated carbocycles. The van der Waals surface area contributed by atoms with Crippen molar-refractivity contribution in [1.29, 1.82) is 0 Å². The minimum Gasteiger partial charge on any atom is -0.468 e. The summed E-state index contributed by atoms with van der Waals surface area (Å²) in [5, 5.41) is 6.92. The van der Waals surface area contributed by atoms with Gasteiger partial charge in [-0.25, -0.2) is 0 Å². The first-order chi connectivity index (χ1) is 14.8. The van der Waals surface area contributed by atoms with Crippen molar-refractivity contribution >= 4 is 35.6 Å². The van der Waals surface area contributed by atoms with E-state index < -0.39 is 0 Å². The van der Waals surface area contributed by atoms with Gasteiger partial charge >= 0.3 is 0 Å². The first-order valence-electron chi connectivity index (χ1n) is 11.0. The molecule has 0 aliphatic carbocycles. The molecule has 0 spiro atoms. The van der Waals surface area contributed by atoms with Gasteiger partial charge in [-0.3, -0.25) is 9.89 Å². The fraction of sp³-hybridized carbons (Fsp3) is 0.522. The van der Waals surface area contributed by atoms with E-state index in [1.165, 1.54) is 24.1 Å². The molecular weight excluding hydrogens is 505 g/mol. The van der Waals surface area contributed by atoms with Crippen LogP contribution in [0.5, 0.6) is 0 Å². The highest BCUT2D eigenvalue weighted by Crippen LogP contribution is 2.24. The van der Waals surface area contributed by atoms with E-state index in [0.29, 0.717) is 0 Å². The van der Waals surface area contributed by atoms with E-state index in [2.05, 4.69) is 55.8 Å². The lowest BCUT2D eigenvalue weighted by Gasteiger charge is -2.29. The van der Waals surface area contributed by atoms with Crippen LogP contribution in [0.15, 0.2) is 52.1 Å². The molecule has 4 rings (SSSR count). The fourth-order valence-electron chi connectivity index (χ4n) is 4.19. The van der Waals surface area contributed by atoms with E-state index >= 15 is 0 Å². The van der Waals surface area contributed by atoms with Crippen molar-refractivity contribution in [1.82, 2.24) is 15.5 Å². The summed E-state index contributed by atoms with van der Waals surface area (Å²) in [6.07, 6.45) is 4.27. The number of aliphatic imine (C=N–C) groups is 1. The Morgan fingerprint density at radius 1 is 1.03 bits per heavy atom. The van der Waals surface area contributed by atoms with Crippen LogP contribution >= 0.6 is 24.0 Å². The van der Waals surface area contributed by atoms with Gasteiger partial charge in [0.25, 0.3) is 0 Å². The molecule has 2 fully saturated rings. The van der Waals surface area contributed by atoms with E-state index in [1.807, 2.05) is 13.1 Å². The number of anilines is 1. The molecule has 2 N–H and O–H groups in total. The quantitative estimate of drug-likeness (QED) is 0.320. The number of likely N-dealkylation sites (tertiary alicyclic amines) is 1. The van der Waals surface area contributed by atoms with Gasteiger partial charge in [-0.15, -0.1) is 24.0 Å². The van der Waals surface area contributed by atoms with Crippen LogP contribution in [0.4, 0.5) is 5.69 Å². The Bertz CT molecular complexity index is 785. The van der Waals surface area contributed by atoms with Gasteiger partial charge < -0.3 is 24.7 Å². The molecule has 2 aliphatic heterocycles. The van der Waals surface area contributed by atoms with Crippen LogP contribution in [-0.4, -0.2) is 63.8 Å². The number of nitrogens with one attached hydrogen (secondary N) is 2. The lowest BCUT2D eigenvalue weighted by atomic mass is 10.2. The summed E-state index contributed by atoms with van der Waals surface area (Å²) in [7, 11) is 1.81. The third-order valence-electron chi connectivity index (χ3n) is 5.91. The summed E-state index contributed by atoms with van der Waals surface area (Å²) in [4.78, 5) is 9.26. The fourth-order valence-corrected chi connectivity index (χ4v) is 4.19. The van der Waals surface area contributed by atoms with Crippen molar-refractivity contribution in [3.8, 4) is 0 Å². The minimum absolute atomic E-state index is 0. The molecule has 8 heteroatoms. The minimum atomic E-state index is 0. The summed E-state index contributed by atoms with van der Waals surface area (Å²) >= 11 is 0. The molecule has 2 aromatic rings. The summed E-state index contributed by atoms with van der Waals surface area (Å²) in [5.41, 5.74) is 2.49. The Kier molecular flexibility index (Phi) is 9.48. The molecule has 2 aliphatic rings. The maximum Gasteiger partial charge on any atom is 0.191 e. The molecule has 1 aromatic heterocycles. The first-order valence-corrected chi connectivity index (χ1v) is 11.0. The van der Waals surface area contributed by atoms with Gasteiger partial charge in [-0.05, 0) is 55.8 Å². The maximum atomic E-state index is 5.71. The Balaban J connectivity index is 0.00000272. The number of benzene rings is 1. The van der Waals surface area contributed by atoms with E-state index in [4.69, 9.17) is 9.15 Å². The highest BCUT2D eigenvalue weighted by molar-refractivity contribution is 14.0. The lowest BCUT2D eigenvalue weighted by molar-refractivity contribution is 0.122. The zero-order valence-electron chi connectivity index (χ0n) is 18.3. The summed E-state index contributed by atoms with van der Waals surface area (Å²) in [6, 6.07) is 13.0. The van der Waals surface area contributed by atoms with Crippen molar-refractivity contribution in [3.05, 3.63) is 54.0 Å². The summed E-state index contributed by atoms with van der Waals surface area (Å²) < 4.78 is 11.1. The lowest BCUT2D eigenvalue weighted by Crippen LogP contribution is -2.42. The monoisotopic (exact) mass is 539 g/mol. The third kappa shape index (κ3) is 6.60. The van der Waals surface area contributed by atoms with E-state index in [9.17, 15) is 0 Å². The number of guanidine groups is 1. The molecule has 1 atom stereocenters. The summed E-state index contributed by atoms with van der Waals surface area (Å²) in [5.74, 6) is 1.82. The average molecular weight is 539 g/mol. The molecule has 31 heavy (non-hydrogen) atoms. The number of ether oxygens (including phenoxy) is 1. The van der Waals surface area contributed by atoms with Gasteiger partial charge in [-0.2, -0.15) is 0 Å². The van der Waals surface area contributed by atoms with Crippen molar-refractivity contribution < 1.29 is 9.15 Å². The number of morpholine rings is 1. The predicted molar refractivity (Wildman–Crippen MR) is 135 cm³/mol. The number of hydrogen-bond acceptors (Lipinski definition) is 5. The molecular formula is C23H34IN5O2. The SMILES string of the molecule is CN=C(NCc1ccc(N2CCOCC2)cc1)NCC(c1ccco1)N1CCCC1.I.